The summed E-state index contributed by atoms with van der Waals surface area (Å²) in [6.07, 6.45) is 4.03. The monoisotopic (exact) mass is 565 g/mol. The standard InChI is InChI=1S/C31H43N5O5/c1-20-18-35(16-15-34(20)19-21-9-13-33(14-10-21)29(40)41-30(2,3)4)22-5-6-24-23(17-22)31(11-12-31)28(39)36(24)25-7-8-26(37)32-27(25)38/h5-6,17,20-21,25H,7-16,18-19H2,1-4H3,(H,32,37,38)/t20-,25?/m1/s1. The first-order valence-corrected chi connectivity index (χ1v) is 15.2. The van der Waals surface area contributed by atoms with Gasteiger partial charge < -0.3 is 14.5 Å². The number of imide groups is 1. The number of fused-ring (bicyclic) bond motifs is 2. The lowest BCUT2D eigenvalue weighted by molar-refractivity contribution is -0.135. The van der Waals surface area contributed by atoms with E-state index in [1.807, 2.05) is 31.7 Å². The van der Waals surface area contributed by atoms with E-state index >= 15 is 0 Å². The predicted octanol–water partition coefficient (Wildman–Crippen LogP) is 3.03. The van der Waals surface area contributed by atoms with E-state index in [-0.39, 0.29) is 30.2 Å². The Hall–Kier alpha value is -3.14. The number of carbonyl (C=O) groups excluding carboxylic acids is 4. The van der Waals surface area contributed by atoms with Crippen LogP contribution in [0.3, 0.4) is 0 Å². The lowest BCUT2D eigenvalue weighted by Gasteiger charge is -2.43. The van der Waals surface area contributed by atoms with E-state index in [4.69, 9.17) is 4.74 Å². The molecule has 3 saturated heterocycles. The molecule has 4 aliphatic heterocycles. The molecule has 4 heterocycles. The molecule has 1 spiro atoms. The zero-order valence-corrected chi connectivity index (χ0v) is 24.8. The van der Waals surface area contributed by atoms with Gasteiger partial charge in [0.25, 0.3) is 0 Å². The fourth-order valence-corrected chi connectivity index (χ4v) is 7.07. The van der Waals surface area contributed by atoms with Gasteiger partial charge in [-0.25, -0.2) is 4.79 Å². The molecule has 1 saturated carbocycles. The number of ether oxygens (including phenoxy) is 1. The van der Waals surface area contributed by atoms with Gasteiger partial charge in [0.2, 0.25) is 17.7 Å². The van der Waals surface area contributed by atoms with Crippen molar-refractivity contribution in [3.63, 3.8) is 0 Å². The van der Waals surface area contributed by atoms with Crippen LogP contribution in [0.15, 0.2) is 18.2 Å². The summed E-state index contributed by atoms with van der Waals surface area (Å²) in [7, 11) is 0. The van der Waals surface area contributed by atoms with Crippen LogP contribution in [0.1, 0.15) is 71.8 Å². The number of likely N-dealkylation sites (tertiary alicyclic amines) is 1. The largest absolute Gasteiger partial charge is 0.444 e. The SMILES string of the molecule is C[C@@H]1CN(c2ccc3c(c2)C2(CC2)C(=O)N3C2CCC(=O)NC2=O)CCN1CC1CCN(C(=O)OC(C)(C)C)CC1. The molecule has 1 N–H and O–H groups in total. The van der Waals surface area contributed by atoms with Crippen molar-refractivity contribution in [1.82, 2.24) is 15.1 Å². The minimum absolute atomic E-state index is 0.00931. The molecule has 10 heteroatoms. The molecule has 0 aromatic heterocycles. The maximum Gasteiger partial charge on any atom is 0.410 e. The highest BCUT2D eigenvalue weighted by molar-refractivity contribution is 6.15. The molecule has 0 bridgehead atoms. The molecule has 4 fully saturated rings. The number of amides is 4. The summed E-state index contributed by atoms with van der Waals surface area (Å²) in [5, 5.41) is 2.41. The van der Waals surface area contributed by atoms with Crippen molar-refractivity contribution in [3.05, 3.63) is 23.8 Å². The second-order valence-corrected chi connectivity index (χ2v) is 13.6. The van der Waals surface area contributed by atoms with Gasteiger partial charge in [0.05, 0.1) is 5.41 Å². The molecule has 2 atom stereocenters. The van der Waals surface area contributed by atoms with E-state index in [9.17, 15) is 19.2 Å². The molecule has 1 aromatic rings. The normalized spacial score (nSPS) is 26.8. The van der Waals surface area contributed by atoms with Gasteiger partial charge in [-0.1, -0.05) is 0 Å². The molecular weight excluding hydrogens is 522 g/mol. The topological polar surface area (TPSA) is 102 Å². The zero-order valence-electron chi connectivity index (χ0n) is 24.8. The Labute approximate surface area is 242 Å². The van der Waals surface area contributed by atoms with Gasteiger partial charge in [-0.15, -0.1) is 0 Å². The second-order valence-electron chi connectivity index (χ2n) is 13.6. The minimum Gasteiger partial charge on any atom is -0.444 e. The number of benzene rings is 1. The quantitative estimate of drug-likeness (QED) is 0.560. The number of rotatable bonds is 4. The van der Waals surface area contributed by atoms with Gasteiger partial charge in [0.15, 0.2) is 0 Å². The average molecular weight is 566 g/mol. The fraction of sp³-hybridized carbons (Fsp3) is 0.677. The Morgan fingerprint density at radius 1 is 1.05 bits per heavy atom. The first-order valence-electron chi connectivity index (χ1n) is 15.2. The molecule has 1 unspecified atom stereocenters. The summed E-state index contributed by atoms with van der Waals surface area (Å²) >= 11 is 0. The third-order valence-electron chi connectivity index (χ3n) is 9.54. The van der Waals surface area contributed by atoms with Crippen molar-refractivity contribution in [3.8, 4) is 0 Å². The summed E-state index contributed by atoms with van der Waals surface area (Å²) < 4.78 is 5.55. The number of piperidine rings is 2. The molecule has 10 nitrogen and oxygen atoms in total. The molecular formula is C31H43N5O5. The number of hydrogen-bond acceptors (Lipinski definition) is 7. The molecule has 5 aliphatic rings. The molecule has 1 aromatic carbocycles. The van der Waals surface area contributed by atoms with Crippen molar-refractivity contribution in [1.29, 1.82) is 0 Å². The third-order valence-corrected chi connectivity index (χ3v) is 9.54. The van der Waals surface area contributed by atoms with Crippen molar-refractivity contribution in [2.45, 2.75) is 89.3 Å². The van der Waals surface area contributed by atoms with E-state index in [1.54, 1.807) is 4.90 Å². The highest BCUT2D eigenvalue weighted by atomic mass is 16.6. The summed E-state index contributed by atoms with van der Waals surface area (Å²) in [6, 6.07) is 6.04. The Morgan fingerprint density at radius 2 is 1.78 bits per heavy atom. The van der Waals surface area contributed by atoms with Gasteiger partial charge in [-0.2, -0.15) is 0 Å². The third kappa shape index (κ3) is 5.31. The van der Waals surface area contributed by atoms with Gasteiger partial charge in [0, 0.05) is 63.1 Å². The Balaban J connectivity index is 1.07. The molecule has 4 amide bonds. The van der Waals surface area contributed by atoms with E-state index < -0.39 is 17.1 Å². The van der Waals surface area contributed by atoms with Crippen LogP contribution in [0.5, 0.6) is 0 Å². The van der Waals surface area contributed by atoms with Crippen LogP contribution in [0, 0.1) is 5.92 Å². The highest BCUT2D eigenvalue weighted by Gasteiger charge is 2.61. The molecule has 41 heavy (non-hydrogen) atoms. The van der Waals surface area contributed by atoms with E-state index in [0.717, 1.165) is 81.9 Å². The van der Waals surface area contributed by atoms with Crippen LogP contribution in [0.4, 0.5) is 16.2 Å². The van der Waals surface area contributed by atoms with E-state index in [0.29, 0.717) is 18.4 Å². The van der Waals surface area contributed by atoms with Crippen molar-refractivity contribution in [2.75, 3.05) is 49.1 Å². The number of carbonyl (C=O) groups is 4. The lowest BCUT2D eigenvalue weighted by Crippen LogP contribution is -2.54. The van der Waals surface area contributed by atoms with Crippen molar-refractivity contribution in [2.24, 2.45) is 5.92 Å². The fourth-order valence-electron chi connectivity index (χ4n) is 7.07. The van der Waals surface area contributed by atoms with Crippen LogP contribution in [0.25, 0.3) is 0 Å². The predicted molar refractivity (Wildman–Crippen MR) is 155 cm³/mol. The summed E-state index contributed by atoms with van der Waals surface area (Å²) in [5.41, 5.74) is 2.02. The second kappa shape index (κ2) is 10.3. The van der Waals surface area contributed by atoms with Crippen LogP contribution >= 0.6 is 0 Å². The maximum atomic E-state index is 13.6. The van der Waals surface area contributed by atoms with E-state index in [1.165, 1.54) is 0 Å². The molecule has 6 rings (SSSR count). The Morgan fingerprint density at radius 3 is 2.41 bits per heavy atom. The summed E-state index contributed by atoms with van der Waals surface area (Å²) in [4.78, 5) is 58.8. The summed E-state index contributed by atoms with van der Waals surface area (Å²) in [6.45, 7) is 13.3. The first-order chi connectivity index (χ1) is 19.4. The first kappa shape index (κ1) is 28.0. The number of anilines is 2. The molecule has 0 radical (unpaired) electrons. The van der Waals surface area contributed by atoms with Gasteiger partial charge in [0.1, 0.15) is 11.6 Å². The van der Waals surface area contributed by atoms with Gasteiger partial charge >= 0.3 is 6.09 Å². The molecule has 1 aliphatic carbocycles. The number of hydrogen-bond donors (Lipinski definition) is 1. The minimum atomic E-state index is -0.621. The number of nitrogens with one attached hydrogen (secondary N) is 1. The van der Waals surface area contributed by atoms with Crippen molar-refractivity contribution < 1.29 is 23.9 Å². The van der Waals surface area contributed by atoms with Gasteiger partial charge in [-0.3, -0.25) is 29.5 Å². The molecule has 222 valence electrons. The van der Waals surface area contributed by atoms with Crippen LogP contribution in [0.2, 0.25) is 0 Å². The van der Waals surface area contributed by atoms with E-state index in [2.05, 4.69) is 34.2 Å². The van der Waals surface area contributed by atoms with Crippen molar-refractivity contribution >= 4 is 35.2 Å². The zero-order chi connectivity index (χ0) is 29.1. The lowest BCUT2D eigenvalue weighted by atomic mass is 9.95. The maximum absolute atomic E-state index is 13.6. The van der Waals surface area contributed by atoms with Crippen LogP contribution in [-0.2, 0) is 24.5 Å². The Bertz CT molecular complexity index is 1250. The van der Waals surface area contributed by atoms with Crippen LogP contribution < -0.4 is 15.1 Å². The summed E-state index contributed by atoms with van der Waals surface area (Å²) in [5.74, 6) is -0.0614. The van der Waals surface area contributed by atoms with Gasteiger partial charge in [-0.05, 0) is 89.5 Å². The number of nitrogens with zero attached hydrogens (tertiary/aromatic N) is 4. The highest BCUT2D eigenvalue weighted by Crippen LogP contribution is 2.58. The Kier molecular flexibility index (Phi) is 7.03. The van der Waals surface area contributed by atoms with Crippen LogP contribution in [-0.4, -0.2) is 90.6 Å². The number of piperazine rings is 1. The average Bonchev–Trinajstić information content (AvgIpc) is 3.69. The smallest absolute Gasteiger partial charge is 0.410 e.